The maximum Gasteiger partial charge on any atom is 0.216 e. The molecule has 2 rings (SSSR count). The van der Waals surface area contributed by atoms with E-state index in [1.807, 2.05) is 24.3 Å². The van der Waals surface area contributed by atoms with Gasteiger partial charge in [0.15, 0.2) is 5.82 Å². The topological polar surface area (TPSA) is 55.2 Å². The van der Waals surface area contributed by atoms with Crippen LogP contribution in [0.15, 0.2) is 29.4 Å². The normalized spacial score (nSPS) is 11.1. The van der Waals surface area contributed by atoms with Gasteiger partial charge in [0.25, 0.3) is 0 Å². The zero-order valence-corrected chi connectivity index (χ0v) is 13.2. The highest BCUT2D eigenvalue weighted by molar-refractivity contribution is 7.71. The van der Waals surface area contributed by atoms with Gasteiger partial charge in [0.2, 0.25) is 4.77 Å². The van der Waals surface area contributed by atoms with E-state index in [0.29, 0.717) is 11.4 Å². The summed E-state index contributed by atoms with van der Waals surface area (Å²) in [5, 5.41) is 11.4. The fraction of sp³-hybridized carbons (Fsp3) is 0.400. The minimum absolute atomic E-state index is 0.507. The van der Waals surface area contributed by atoms with Crippen LogP contribution in [0.1, 0.15) is 38.1 Å². The number of nitrogens with zero attached hydrogens (tertiary/aromatic N) is 3. The molecule has 0 fully saturated rings. The molecule has 0 radical (unpaired) electrons. The summed E-state index contributed by atoms with van der Waals surface area (Å²) in [4.78, 5) is 0. The predicted molar refractivity (Wildman–Crippen MR) is 86.6 cm³/mol. The van der Waals surface area contributed by atoms with Gasteiger partial charge in [0, 0.05) is 6.42 Å². The van der Waals surface area contributed by atoms with Gasteiger partial charge in [-0.25, -0.2) is 0 Å². The zero-order chi connectivity index (χ0) is 15.1. The molecule has 0 bridgehead atoms. The summed E-state index contributed by atoms with van der Waals surface area (Å²) in [6, 6.07) is 7.83. The van der Waals surface area contributed by atoms with Crippen molar-refractivity contribution in [1.29, 1.82) is 0 Å². The molecule has 1 aromatic heterocycles. The van der Waals surface area contributed by atoms with Gasteiger partial charge in [-0.2, -0.15) is 14.9 Å². The van der Waals surface area contributed by atoms with E-state index in [2.05, 4.69) is 29.1 Å². The van der Waals surface area contributed by atoms with Gasteiger partial charge >= 0.3 is 0 Å². The third-order valence-corrected chi connectivity index (χ3v) is 3.11. The van der Waals surface area contributed by atoms with Crippen molar-refractivity contribution < 1.29 is 4.74 Å². The fourth-order valence-electron chi connectivity index (χ4n) is 1.86. The van der Waals surface area contributed by atoms with Crippen molar-refractivity contribution in [1.82, 2.24) is 14.9 Å². The van der Waals surface area contributed by atoms with Crippen molar-refractivity contribution in [3.63, 3.8) is 0 Å². The van der Waals surface area contributed by atoms with E-state index in [4.69, 9.17) is 17.0 Å². The molecule has 0 aliphatic carbocycles. The van der Waals surface area contributed by atoms with Crippen LogP contribution in [0.4, 0.5) is 0 Å². The third-order valence-electron chi connectivity index (χ3n) is 2.84. The lowest BCUT2D eigenvalue weighted by Crippen LogP contribution is -1.99. The summed E-state index contributed by atoms with van der Waals surface area (Å²) < 4.78 is 7.78. The molecule has 0 saturated heterocycles. The molecule has 2 aromatic rings. The quantitative estimate of drug-likeness (QED) is 0.628. The Morgan fingerprint density at radius 3 is 3.00 bits per heavy atom. The molecular formula is C15H20N4OS. The lowest BCUT2D eigenvalue weighted by molar-refractivity contribution is 0.317. The Hall–Kier alpha value is -1.95. The molecule has 1 heterocycles. The van der Waals surface area contributed by atoms with Crippen LogP contribution in [0.2, 0.25) is 0 Å². The minimum atomic E-state index is 0.507. The molecule has 1 N–H and O–H groups in total. The lowest BCUT2D eigenvalue weighted by atomic mass is 10.2. The Morgan fingerprint density at radius 2 is 2.24 bits per heavy atom. The number of rotatable bonds is 7. The van der Waals surface area contributed by atoms with Gasteiger partial charge in [-0.15, -0.1) is 0 Å². The maximum atomic E-state index is 5.61. The van der Waals surface area contributed by atoms with E-state index >= 15 is 0 Å². The molecule has 0 unspecified atom stereocenters. The molecule has 0 atom stereocenters. The van der Waals surface area contributed by atoms with Gasteiger partial charge in [-0.3, -0.25) is 5.10 Å². The highest BCUT2D eigenvalue weighted by Gasteiger charge is 2.03. The predicted octanol–water partition coefficient (Wildman–Crippen LogP) is 3.56. The monoisotopic (exact) mass is 304 g/mol. The molecule has 1 aromatic carbocycles. The standard InChI is InChI=1S/C15H20N4OS/c1-3-6-14-17-18-15(21)19(14)16-11-12-7-5-8-13(10-12)20-9-4-2/h5,7-8,10-11H,3-4,6,9H2,1-2H3,(H,18,21)/b16-11-. The Bertz CT molecular complexity index is 660. The molecule has 0 saturated carbocycles. The summed E-state index contributed by atoms with van der Waals surface area (Å²) in [7, 11) is 0. The first-order valence-electron chi connectivity index (χ1n) is 7.18. The van der Waals surface area contributed by atoms with Crippen molar-refractivity contribution in [2.45, 2.75) is 33.1 Å². The summed E-state index contributed by atoms with van der Waals surface area (Å²) in [5.74, 6) is 1.70. The molecule has 21 heavy (non-hydrogen) atoms. The van der Waals surface area contributed by atoms with Crippen LogP contribution in [0.3, 0.4) is 0 Å². The average molecular weight is 304 g/mol. The number of aromatic amines is 1. The Balaban J connectivity index is 2.17. The van der Waals surface area contributed by atoms with Gasteiger partial charge in [0.05, 0.1) is 12.8 Å². The Morgan fingerprint density at radius 1 is 1.38 bits per heavy atom. The number of hydrogen-bond acceptors (Lipinski definition) is 4. The number of ether oxygens (including phenoxy) is 1. The molecule has 0 aliphatic rings. The largest absolute Gasteiger partial charge is 0.494 e. The van der Waals surface area contributed by atoms with Crippen LogP contribution in [0.25, 0.3) is 0 Å². The molecule has 0 aliphatic heterocycles. The number of H-pyrrole nitrogens is 1. The van der Waals surface area contributed by atoms with E-state index < -0.39 is 0 Å². The van der Waals surface area contributed by atoms with Crippen LogP contribution in [0.5, 0.6) is 5.75 Å². The summed E-state index contributed by atoms with van der Waals surface area (Å²) >= 11 is 5.19. The first kappa shape index (κ1) is 15.4. The van der Waals surface area contributed by atoms with Gasteiger partial charge in [-0.05, 0) is 42.8 Å². The summed E-state index contributed by atoms with van der Waals surface area (Å²) in [5.41, 5.74) is 0.967. The lowest BCUT2D eigenvalue weighted by Gasteiger charge is -2.04. The number of hydrogen-bond donors (Lipinski definition) is 1. The van der Waals surface area contributed by atoms with E-state index in [1.54, 1.807) is 10.9 Å². The molecule has 5 nitrogen and oxygen atoms in total. The van der Waals surface area contributed by atoms with Crippen LogP contribution < -0.4 is 4.74 Å². The second-order valence-electron chi connectivity index (χ2n) is 4.67. The molecule has 6 heteroatoms. The van der Waals surface area contributed by atoms with Crippen LogP contribution >= 0.6 is 12.2 Å². The molecular weight excluding hydrogens is 284 g/mol. The fourth-order valence-corrected chi connectivity index (χ4v) is 2.06. The number of aryl methyl sites for hydroxylation is 1. The van der Waals surface area contributed by atoms with Crippen molar-refractivity contribution in [3.8, 4) is 5.75 Å². The van der Waals surface area contributed by atoms with Crippen LogP contribution in [-0.2, 0) is 6.42 Å². The summed E-state index contributed by atoms with van der Waals surface area (Å²) in [6.45, 7) is 4.90. The first-order valence-corrected chi connectivity index (χ1v) is 7.59. The highest BCUT2D eigenvalue weighted by atomic mass is 32.1. The highest BCUT2D eigenvalue weighted by Crippen LogP contribution is 2.12. The van der Waals surface area contributed by atoms with E-state index in [9.17, 15) is 0 Å². The zero-order valence-electron chi connectivity index (χ0n) is 12.4. The molecule has 0 spiro atoms. The summed E-state index contributed by atoms with van der Waals surface area (Å²) in [6.07, 6.45) is 4.59. The van der Waals surface area contributed by atoms with Crippen molar-refractivity contribution in [2.24, 2.45) is 5.10 Å². The Kier molecular flexibility index (Phi) is 5.68. The first-order chi connectivity index (χ1) is 10.2. The minimum Gasteiger partial charge on any atom is -0.494 e. The number of nitrogens with one attached hydrogen (secondary N) is 1. The van der Waals surface area contributed by atoms with E-state index in [-0.39, 0.29) is 0 Å². The van der Waals surface area contributed by atoms with Gasteiger partial charge in [0.1, 0.15) is 5.75 Å². The molecule has 0 amide bonds. The van der Waals surface area contributed by atoms with Crippen molar-refractivity contribution in [3.05, 3.63) is 40.4 Å². The number of benzene rings is 1. The smallest absolute Gasteiger partial charge is 0.216 e. The maximum absolute atomic E-state index is 5.61. The SMILES string of the molecule is CCCOc1cccc(/C=N\n2c(CCC)n[nH]c2=S)c1. The Labute approximate surface area is 129 Å². The van der Waals surface area contributed by atoms with Gasteiger partial charge in [-0.1, -0.05) is 26.0 Å². The van der Waals surface area contributed by atoms with Gasteiger partial charge < -0.3 is 4.74 Å². The number of aromatic nitrogens is 3. The third kappa shape index (κ3) is 4.26. The second kappa shape index (κ2) is 7.73. The van der Waals surface area contributed by atoms with Crippen LogP contribution in [0, 0.1) is 4.77 Å². The average Bonchev–Trinajstić information content (AvgIpc) is 2.84. The second-order valence-corrected chi connectivity index (χ2v) is 5.06. The van der Waals surface area contributed by atoms with Crippen molar-refractivity contribution >= 4 is 18.4 Å². The molecule has 112 valence electrons. The van der Waals surface area contributed by atoms with E-state index in [0.717, 1.165) is 36.4 Å². The van der Waals surface area contributed by atoms with Crippen molar-refractivity contribution in [2.75, 3.05) is 6.61 Å². The van der Waals surface area contributed by atoms with Crippen LogP contribution in [-0.4, -0.2) is 27.7 Å². The van der Waals surface area contributed by atoms with E-state index in [1.165, 1.54) is 0 Å².